The third-order valence-electron chi connectivity index (χ3n) is 17.7. The van der Waals surface area contributed by atoms with Gasteiger partial charge in [-0.25, -0.2) is 29.5 Å². The molecule has 1 aliphatic carbocycles. The number of aryl methyl sites for hydroxylation is 6. The quantitative estimate of drug-likeness (QED) is 0.0819. The first-order chi connectivity index (χ1) is 43.8. The molecule has 0 amide bonds. The van der Waals surface area contributed by atoms with Crippen LogP contribution >= 0.6 is 23.2 Å². The van der Waals surface area contributed by atoms with Gasteiger partial charge in [-0.05, 0) is 182 Å². The Kier molecular flexibility index (Phi) is 19.2. The molecule has 0 bridgehead atoms. The largest absolute Gasteiger partial charge is 0.349 e. The molecular formula is C72H74Cl2N12O5. The van der Waals surface area contributed by atoms with Gasteiger partial charge < -0.3 is 19.0 Å². The molecule has 7 aromatic rings. The van der Waals surface area contributed by atoms with Gasteiger partial charge in [0.05, 0.1) is 33.4 Å². The summed E-state index contributed by atoms with van der Waals surface area (Å²) in [6, 6.07) is 41.0. The third-order valence-corrected chi connectivity index (χ3v) is 18.2. The van der Waals surface area contributed by atoms with Crippen LogP contribution in [0, 0.1) is 13.8 Å². The van der Waals surface area contributed by atoms with Crippen LogP contribution in [0.5, 0.6) is 0 Å². The fourth-order valence-corrected chi connectivity index (χ4v) is 12.6. The Hall–Kier alpha value is -9.19. The van der Waals surface area contributed by atoms with E-state index < -0.39 is 22.5 Å². The molecule has 6 aliphatic rings. The SMILES string of the molecule is C=c1nc2c(c(=O)[nH]1)=Nc1cc(CC)c(C)cc1N2CCC(C)c1ccc(Cl)cc1.Cc1ccc(C(C)CCn2c3nc(=O)[nH]c(=O)c-3nc3cc(C(C)C)ccc32)cc1.O=c1nc2n(CCCc3ccc(Cl)cc3)c3ccc(C4CCCC4)cc3nc-2c(=O)[nH]1. The second-order valence-electron chi connectivity index (χ2n) is 24.4. The zero-order valence-electron chi connectivity index (χ0n) is 52.4. The van der Waals surface area contributed by atoms with Gasteiger partial charge in [0.15, 0.2) is 34.2 Å². The van der Waals surface area contributed by atoms with Gasteiger partial charge in [-0.1, -0.05) is 143 Å². The van der Waals surface area contributed by atoms with Crippen molar-refractivity contribution in [2.24, 2.45) is 4.99 Å². The van der Waals surface area contributed by atoms with Crippen LogP contribution in [0.25, 0.3) is 51.7 Å². The van der Waals surface area contributed by atoms with E-state index in [1.807, 2.05) is 57.7 Å². The molecule has 0 radical (unpaired) electrons. The molecule has 19 heteroatoms. The van der Waals surface area contributed by atoms with Crippen LogP contribution < -0.4 is 43.8 Å². The summed E-state index contributed by atoms with van der Waals surface area (Å²) in [6.45, 7) is 20.7. The number of aromatic nitrogens is 10. The number of nitrogens with zero attached hydrogens (tertiary/aromatic N) is 9. The molecule has 2 unspecified atom stereocenters. The molecule has 13 rings (SSSR count). The van der Waals surface area contributed by atoms with E-state index in [4.69, 9.17) is 23.2 Å². The number of rotatable bonds is 15. The smallest absolute Gasteiger partial charge is 0.322 e. The molecule has 0 spiro atoms. The molecule has 2 atom stereocenters. The Morgan fingerprint density at radius 1 is 0.593 bits per heavy atom. The lowest BCUT2D eigenvalue weighted by Crippen LogP contribution is -2.42. The number of benzene rings is 6. The topological polar surface area (TPSA) is 223 Å². The number of H-pyrrole nitrogens is 3. The van der Waals surface area contributed by atoms with Crippen molar-refractivity contribution in [3.63, 3.8) is 0 Å². The highest BCUT2D eigenvalue weighted by molar-refractivity contribution is 6.30. The van der Waals surface area contributed by atoms with Crippen molar-refractivity contribution >= 4 is 69.0 Å². The minimum atomic E-state index is -0.646. The van der Waals surface area contributed by atoms with E-state index in [1.54, 1.807) is 0 Å². The maximum absolute atomic E-state index is 12.6. The number of hydrogen-bond acceptors (Lipinski definition) is 12. The van der Waals surface area contributed by atoms with Crippen LogP contribution in [-0.4, -0.2) is 55.6 Å². The average Bonchev–Trinajstić information content (AvgIpc) is 0.884. The minimum Gasteiger partial charge on any atom is -0.322 e. The standard InChI is InChI=1S/C24H23ClN4O2.C24H25ClN4O.C24H26N4O2/c25-18-10-7-15(8-11-18)4-3-13-29-20-12-9-17(16-5-1-2-6-16)14-19(20)26-21-22(29)27-24(31)28-23(21)30;1-5-17-13-20-21(12-15(17)3)29(23-22(28-20)24(30)27-16(4)26-23)11-10-14(2)18-6-8-19(25)9-7-18;1-14(2)18-9-10-20-19(13-18)25-21-22(26-24(30)27-23(21)29)28(20)12-11-16(4)17-7-5-15(3)6-8-17/h7-12,14,16H,1-6,13H2,(H,28,30,31);6-9,12-14H,4-5,10-11H2,1-3H3,(H,27,30);5-10,13-14,16H,11-12H2,1-4H3,(H,27,29,30). The van der Waals surface area contributed by atoms with Crippen LogP contribution in [0.2, 0.25) is 10.0 Å². The van der Waals surface area contributed by atoms with E-state index in [0.29, 0.717) is 76.6 Å². The monoisotopic (exact) mass is 1260 g/mol. The summed E-state index contributed by atoms with van der Waals surface area (Å²) < 4.78 is 3.92. The zero-order chi connectivity index (χ0) is 64.2. The van der Waals surface area contributed by atoms with Gasteiger partial charge in [-0.15, -0.1) is 0 Å². The second-order valence-corrected chi connectivity index (χ2v) is 25.3. The molecule has 6 heterocycles. The molecule has 1 fully saturated rings. The van der Waals surface area contributed by atoms with Crippen LogP contribution in [0.3, 0.4) is 0 Å². The van der Waals surface area contributed by atoms with E-state index >= 15 is 0 Å². The van der Waals surface area contributed by atoms with Gasteiger partial charge in [-0.3, -0.25) is 24.4 Å². The second kappa shape index (κ2) is 27.5. The first kappa shape index (κ1) is 63.4. The van der Waals surface area contributed by atoms with Crippen molar-refractivity contribution in [1.29, 1.82) is 0 Å². The first-order valence-corrected chi connectivity index (χ1v) is 32.1. The minimum absolute atomic E-state index is 0.200. The summed E-state index contributed by atoms with van der Waals surface area (Å²) in [5, 5.41) is 1.80. The Morgan fingerprint density at radius 2 is 1.14 bits per heavy atom. The fourth-order valence-electron chi connectivity index (χ4n) is 12.4. The molecule has 91 heavy (non-hydrogen) atoms. The molecule has 3 N–H and O–H groups in total. The number of nitrogens with one attached hydrogen (secondary N) is 3. The van der Waals surface area contributed by atoms with Crippen LogP contribution in [0.4, 0.5) is 17.2 Å². The van der Waals surface area contributed by atoms with Crippen molar-refractivity contribution in [1.82, 2.24) is 49.0 Å². The number of fused-ring (bicyclic) bond motifs is 6. The van der Waals surface area contributed by atoms with Gasteiger partial charge >= 0.3 is 11.4 Å². The third kappa shape index (κ3) is 14.2. The van der Waals surface area contributed by atoms with Crippen molar-refractivity contribution < 1.29 is 0 Å². The number of anilines is 2. The lowest BCUT2D eigenvalue weighted by atomic mass is 9.96. The van der Waals surface area contributed by atoms with Crippen molar-refractivity contribution in [2.45, 2.75) is 143 Å². The molecule has 1 aromatic heterocycles. The molecule has 6 aromatic carbocycles. The zero-order valence-corrected chi connectivity index (χ0v) is 53.9. The maximum Gasteiger partial charge on any atom is 0.349 e. The summed E-state index contributed by atoms with van der Waals surface area (Å²) in [5.41, 5.74) is 13.1. The molecule has 5 aliphatic heterocycles. The number of aromatic amines is 3. The Morgan fingerprint density at radius 3 is 1.75 bits per heavy atom. The molecule has 17 nitrogen and oxygen atoms in total. The van der Waals surface area contributed by atoms with Crippen LogP contribution in [0.1, 0.15) is 148 Å². The van der Waals surface area contributed by atoms with E-state index in [-0.39, 0.29) is 16.9 Å². The highest BCUT2D eigenvalue weighted by Crippen LogP contribution is 2.39. The molecule has 1 saturated carbocycles. The Balaban J connectivity index is 0.000000140. The molecule has 466 valence electrons. The first-order valence-electron chi connectivity index (χ1n) is 31.3. The van der Waals surface area contributed by atoms with Crippen molar-refractivity contribution in [3.05, 3.63) is 239 Å². The number of halogens is 2. The average molecular weight is 1260 g/mol. The summed E-state index contributed by atoms with van der Waals surface area (Å²) >= 11 is 12.0. The van der Waals surface area contributed by atoms with Crippen LogP contribution in [-0.2, 0) is 25.9 Å². The van der Waals surface area contributed by atoms with E-state index in [2.05, 4.69) is 178 Å². The van der Waals surface area contributed by atoms with Gasteiger partial charge in [0.25, 0.3) is 16.7 Å². The van der Waals surface area contributed by atoms with Crippen molar-refractivity contribution in [3.8, 4) is 23.0 Å². The predicted molar refractivity (Wildman–Crippen MR) is 364 cm³/mol. The molecular weight excluding hydrogens is 1180 g/mol. The predicted octanol–water partition coefficient (Wildman–Crippen LogP) is 13.0. The Bertz CT molecular complexity index is 4840. The lowest BCUT2D eigenvalue weighted by molar-refractivity contribution is 0.582. The van der Waals surface area contributed by atoms with E-state index in [1.165, 1.54) is 64.6 Å². The van der Waals surface area contributed by atoms with E-state index in [9.17, 15) is 24.0 Å². The summed E-state index contributed by atoms with van der Waals surface area (Å²) in [5.74, 6) is 2.80. The normalized spacial score (nSPS) is 13.6. The van der Waals surface area contributed by atoms with Crippen molar-refractivity contribution in [2.75, 3.05) is 11.4 Å². The Labute approximate surface area is 536 Å². The van der Waals surface area contributed by atoms with E-state index in [0.717, 1.165) is 76.1 Å². The van der Waals surface area contributed by atoms with Gasteiger partial charge in [0.1, 0.15) is 5.48 Å². The summed E-state index contributed by atoms with van der Waals surface area (Å²) in [7, 11) is 0. The van der Waals surface area contributed by atoms with Gasteiger partial charge in [0, 0.05) is 29.7 Å². The van der Waals surface area contributed by atoms with Crippen LogP contribution in [0.15, 0.2) is 150 Å². The summed E-state index contributed by atoms with van der Waals surface area (Å²) in [4.78, 5) is 97.2. The molecule has 0 saturated heterocycles. The highest BCUT2D eigenvalue weighted by atomic mass is 35.5. The lowest BCUT2D eigenvalue weighted by Gasteiger charge is -2.29. The number of hydrogen-bond donors (Lipinski definition) is 3. The maximum atomic E-state index is 12.6. The summed E-state index contributed by atoms with van der Waals surface area (Å²) in [6.07, 6.45) is 9.23. The highest BCUT2D eigenvalue weighted by Gasteiger charge is 2.26. The fraction of sp³-hybridized carbons (Fsp3) is 0.319. The van der Waals surface area contributed by atoms with Gasteiger partial charge in [0.2, 0.25) is 0 Å². The van der Waals surface area contributed by atoms with Gasteiger partial charge in [-0.2, -0.15) is 9.97 Å².